The molecule has 1 aliphatic rings. The van der Waals surface area contributed by atoms with E-state index in [9.17, 15) is 8.42 Å². The molecule has 128 valence electrons. The van der Waals surface area contributed by atoms with Crippen LogP contribution in [0.3, 0.4) is 0 Å². The fourth-order valence-electron chi connectivity index (χ4n) is 2.55. The Morgan fingerprint density at radius 3 is 2.70 bits per heavy atom. The van der Waals surface area contributed by atoms with Crippen molar-refractivity contribution in [3.63, 3.8) is 0 Å². The summed E-state index contributed by atoms with van der Waals surface area (Å²) in [5, 5.41) is 4.77. The third-order valence-corrected chi connectivity index (χ3v) is 5.60. The molecule has 1 aromatic carbocycles. The number of nitrogen functional groups attached to an aromatic ring is 1. The Bertz CT molecular complexity index is 762. The molecule has 1 fully saturated rings. The fraction of sp³-hybridized carbons (Fsp3) is 0.357. The van der Waals surface area contributed by atoms with E-state index in [2.05, 4.69) is 10.3 Å². The maximum absolute atomic E-state index is 12.7. The molecule has 6 nitrogen and oxygen atoms in total. The lowest BCUT2D eigenvalue weighted by molar-refractivity contribution is 0.432. The molecule has 23 heavy (non-hydrogen) atoms. The number of sulfonamides is 1. The van der Waals surface area contributed by atoms with Crippen molar-refractivity contribution in [3.05, 3.63) is 30.5 Å². The number of pyridine rings is 1. The van der Waals surface area contributed by atoms with Crippen LogP contribution < -0.4 is 11.1 Å². The van der Waals surface area contributed by atoms with Gasteiger partial charge in [0.1, 0.15) is 5.82 Å². The number of nitrogens with zero attached hydrogens (tertiary/aromatic N) is 2. The van der Waals surface area contributed by atoms with Gasteiger partial charge in [0.05, 0.1) is 4.90 Å². The molecule has 9 heteroatoms. The van der Waals surface area contributed by atoms with Crippen molar-refractivity contribution >= 4 is 51.4 Å². The fourth-order valence-corrected chi connectivity index (χ4v) is 4.07. The van der Waals surface area contributed by atoms with E-state index in [1.165, 1.54) is 0 Å². The number of rotatable bonds is 2. The molecule has 0 atom stereocenters. The monoisotopic (exact) mass is 378 g/mol. The third kappa shape index (κ3) is 4.05. The first-order valence-corrected chi connectivity index (χ1v) is 8.38. The highest BCUT2D eigenvalue weighted by Crippen LogP contribution is 2.24. The first-order chi connectivity index (χ1) is 10.1. The number of aromatic nitrogens is 1. The molecule has 3 N–H and O–H groups in total. The van der Waals surface area contributed by atoms with Gasteiger partial charge >= 0.3 is 0 Å². The van der Waals surface area contributed by atoms with E-state index in [4.69, 9.17) is 5.73 Å². The van der Waals surface area contributed by atoms with Gasteiger partial charge in [0.15, 0.2) is 0 Å². The van der Waals surface area contributed by atoms with Gasteiger partial charge < -0.3 is 11.1 Å². The van der Waals surface area contributed by atoms with E-state index in [0.29, 0.717) is 30.3 Å². The van der Waals surface area contributed by atoms with Crippen LogP contribution in [0.1, 0.15) is 6.42 Å². The lowest BCUT2D eigenvalue weighted by atomic mass is 10.2. The van der Waals surface area contributed by atoms with Crippen LogP contribution in [0.2, 0.25) is 0 Å². The van der Waals surface area contributed by atoms with Crippen molar-refractivity contribution in [2.75, 3.05) is 31.9 Å². The van der Waals surface area contributed by atoms with Crippen molar-refractivity contribution in [3.8, 4) is 0 Å². The smallest absolute Gasteiger partial charge is 0.243 e. The first kappa shape index (κ1) is 19.9. The Kier molecular flexibility index (Phi) is 7.03. The topological polar surface area (TPSA) is 88.3 Å². The van der Waals surface area contributed by atoms with Crippen LogP contribution >= 0.6 is 24.8 Å². The lowest BCUT2D eigenvalue weighted by Crippen LogP contribution is -2.34. The van der Waals surface area contributed by atoms with Crippen LogP contribution in [0.5, 0.6) is 0 Å². The summed E-state index contributed by atoms with van der Waals surface area (Å²) in [4.78, 5) is 4.32. The number of nitrogens with two attached hydrogens (primary N) is 1. The second-order valence-corrected chi connectivity index (χ2v) is 7.02. The Balaban J connectivity index is 0.00000132. The molecule has 1 aliphatic heterocycles. The number of fused-ring (bicyclic) bond motifs is 1. The van der Waals surface area contributed by atoms with E-state index in [-0.39, 0.29) is 24.8 Å². The zero-order chi connectivity index (χ0) is 14.9. The normalized spacial score (nSPS) is 16.2. The van der Waals surface area contributed by atoms with E-state index >= 15 is 0 Å². The first-order valence-electron chi connectivity index (χ1n) is 6.94. The second-order valence-electron chi connectivity index (χ2n) is 5.09. The molecular formula is C14H20Cl2N4O2S. The van der Waals surface area contributed by atoms with Gasteiger partial charge in [0.25, 0.3) is 0 Å². The summed E-state index contributed by atoms with van der Waals surface area (Å²) in [6.45, 7) is 2.58. The zero-order valence-electron chi connectivity index (χ0n) is 12.4. The molecule has 0 saturated carbocycles. The molecule has 0 spiro atoms. The predicted molar refractivity (Wildman–Crippen MR) is 96.9 cm³/mol. The SMILES string of the molecule is Cl.Cl.Nc1nccc2cc(S(=O)(=O)N3CCCNCC3)ccc12. The van der Waals surface area contributed by atoms with Crippen molar-refractivity contribution in [1.29, 1.82) is 0 Å². The van der Waals surface area contributed by atoms with Crippen molar-refractivity contribution in [2.24, 2.45) is 0 Å². The minimum absolute atomic E-state index is 0. The summed E-state index contributed by atoms with van der Waals surface area (Å²) >= 11 is 0. The standard InChI is InChI=1S/C14H18N4O2S.2ClH/c15-14-13-3-2-12(10-11(13)4-6-17-14)21(19,20)18-8-1-5-16-7-9-18;;/h2-4,6,10,16H,1,5,7-9H2,(H2,15,17);2*1H. The van der Waals surface area contributed by atoms with Crippen LogP contribution in [0.25, 0.3) is 10.8 Å². The van der Waals surface area contributed by atoms with E-state index in [1.54, 1.807) is 34.8 Å². The quantitative estimate of drug-likeness (QED) is 0.828. The molecule has 0 radical (unpaired) electrons. The van der Waals surface area contributed by atoms with Gasteiger partial charge in [-0.25, -0.2) is 13.4 Å². The van der Waals surface area contributed by atoms with Gasteiger partial charge in [-0.15, -0.1) is 24.8 Å². The lowest BCUT2D eigenvalue weighted by Gasteiger charge is -2.19. The molecule has 0 unspecified atom stereocenters. The summed E-state index contributed by atoms with van der Waals surface area (Å²) in [5.41, 5.74) is 5.80. The van der Waals surface area contributed by atoms with Crippen LogP contribution in [-0.4, -0.2) is 43.9 Å². The number of benzene rings is 1. The van der Waals surface area contributed by atoms with Crippen LogP contribution in [0.15, 0.2) is 35.4 Å². The predicted octanol–water partition coefficient (Wildman–Crippen LogP) is 1.64. The molecule has 0 bridgehead atoms. The Hall–Kier alpha value is -1.12. The number of halogens is 2. The van der Waals surface area contributed by atoms with Gasteiger partial charge in [-0.05, 0) is 42.6 Å². The Morgan fingerprint density at radius 1 is 1.13 bits per heavy atom. The number of hydrogen-bond acceptors (Lipinski definition) is 5. The van der Waals surface area contributed by atoms with E-state index < -0.39 is 10.0 Å². The Morgan fingerprint density at radius 2 is 1.91 bits per heavy atom. The van der Waals surface area contributed by atoms with Crippen molar-refractivity contribution < 1.29 is 8.42 Å². The summed E-state index contributed by atoms with van der Waals surface area (Å²) in [7, 11) is -3.46. The summed E-state index contributed by atoms with van der Waals surface area (Å²) in [5.74, 6) is 0.412. The number of nitrogens with one attached hydrogen (secondary N) is 1. The number of hydrogen-bond donors (Lipinski definition) is 2. The third-order valence-electron chi connectivity index (χ3n) is 3.70. The molecule has 0 aliphatic carbocycles. The molecule has 0 amide bonds. The molecular weight excluding hydrogens is 359 g/mol. The molecule has 1 aromatic heterocycles. The minimum Gasteiger partial charge on any atom is -0.383 e. The molecule has 1 saturated heterocycles. The highest BCUT2D eigenvalue weighted by Gasteiger charge is 2.25. The summed E-state index contributed by atoms with van der Waals surface area (Å²) < 4.78 is 27.0. The Labute approximate surface area is 148 Å². The highest BCUT2D eigenvalue weighted by atomic mass is 35.5. The van der Waals surface area contributed by atoms with Gasteiger partial charge in [-0.1, -0.05) is 0 Å². The summed E-state index contributed by atoms with van der Waals surface area (Å²) in [6.07, 6.45) is 2.41. The highest BCUT2D eigenvalue weighted by molar-refractivity contribution is 7.89. The average molecular weight is 379 g/mol. The average Bonchev–Trinajstić information content (AvgIpc) is 2.77. The van der Waals surface area contributed by atoms with Crippen LogP contribution in [0.4, 0.5) is 5.82 Å². The van der Waals surface area contributed by atoms with Crippen LogP contribution in [0, 0.1) is 0 Å². The molecule has 2 heterocycles. The second kappa shape index (κ2) is 8.12. The van der Waals surface area contributed by atoms with Gasteiger partial charge in [0.2, 0.25) is 10.0 Å². The van der Waals surface area contributed by atoms with Crippen molar-refractivity contribution in [1.82, 2.24) is 14.6 Å². The molecule has 3 rings (SSSR count). The van der Waals surface area contributed by atoms with Crippen LogP contribution in [-0.2, 0) is 10.0 Å². The maximum atomic E-state index is 12.7. The van der Waals surface area contributed by atoms with E-state index in [0.717, 1.165) is 23.7 Å². The molecule has 2 aromatic rings. The minimum atomic E-state index is -3.46. The largest absolute Gasteiger partial charge is 0.383 e. The van der Waals surface area contributed by atoms with E-state index in [1.807, 2.05) is 0 Å². The summed E-state index contributed by atoms with van der Waals surface area (Å²) in [6, 6.07) is 6.77. The van der Waals surface area contributed by atoms with Gasteiger partial charge in [0, 0.05) is 31.2 Å². The van der Waals surface area contributed by atoms with Crippen molar-refractivity contribution in [2.45, 2.75) is 11.3 Å². The zero-order valence-corrected chi connectivity index (χ0v) is 14.9. The van der Waals surface area contributed by atoms with Gasteiger partial charge in [-0.2, -0.15) is 4.31 Å². The maximum Gasteiger partial charge on any atom is 0.243 e. The van der Waals surface area contributed by atoms with Gasteiger partial charge in [-0.3, -0.25) is 0 Å². The number of anilines is 1.